The number of nitrogens with one attached hydrogen (secondary N) is 6. The molecule has 11 rings (SSSR count). The third-order valence-electron chi connectivity index (χ3n) is 14.2. The second-order valence-electron chi connectivity index (χ2n) is 20.6. The van der Waals surface area contributed by atoms with Crippen molar-refractivity contribution in [2.75, 3.05) is 6.61 Å². The third kappa shape index (κ3) is 14.3. The number of carboxylic acid groups (broad SMARTS) is 1. The van der Waals surface area contributed by atoms with Gasteiger partial charge in [0, 0.05) is 44.3 Å². The number of fused-ring (bicyclic) bond motifs is 14. The lowest BCUT2D eigenvalue weighted by atomic mass is 9.97. The molecule has 1 saturated heterocycles. The molecule has 9 aromatic rings. The number of carboxylic acids is 1. The number of nitrogens with two attached hydrogens (primary N) is 1. The van der Waals surface area contributed by atoms with Gasteiger partial charge in [-0.1, -0.05) is 62.5 Å². The number of aromatic nitrogens is 7. The number of benzene rings is 2. The number of pyridine rings is 1. The summed E-state index contributed by atoms with van der Waals surface area (Å²) in [5.41, 5.74) is 7.00. The second-order valence-corrected chi connectivity index (χ2v) is 26.3. The molecule has 11 N–H and O–H groups in total. The fraction of sp³-hybridized carbons (Fsp3) is 0.203. The standard InChI is InChI=1S/C59H50N14O12S6/c1-24(39-19-85-39)42-57-70-38(23-89-57)55-67-35(20-86-55)44-31(14-15-32(64-44)54-68-36(21-87-54)49(79)62-25(2)47(77)63-26(3)59(83)84)53-61-18-40(91-53)51(81)66-34(17-41(60)75)56-73-43(27(4)90-56)52(82)72-45(46(76)29-8-6-5-7-9-29)58-69-37(22-88-58)50(80)65-33(48(78)71-42)16-28-10-12-30(74)13-11-28/h5-15,18,20-24,33-34,39,42,45-46,74,76H,2-3,16-17,19H2,1,4H3,(H2,60,75)(H,62,79)(H,63,77)(H,65,80)(H,66,81)(H,71,78)(H,72,82)(H,83,84). The van der Waals surface area contributed by atoms with Crippen molar-refractivity contribution in [2.45, 2.75) is 63.1 Å². The summed E-state index contributed by atoms with van der Waals surface area (Å²) in [7, 11) is 0. The molecular weight excluding hydrogens is 1290 g/mol. The van der Waals surface area contributed by atoms with E-state index >= 15 is 0 Å². The normalized spacial score (nSPS) is 18.3. The third-order valence-corrected chi connectivity index (χ3v) is 19.9. The van der Waals surface area contributed by atoms with E-state index < -0.39 is 95.4 Å². The summed E-state index contributed by atoms with van der Waals surface area (Å²) in [6.45, 7) is 10.7. The number of amides is 7. The van der Waals surface area contributed by atoms with E-state index in [0.717, 1.165) is 45.3 Å². The molecule has 0 spiro atoms. The number of phenols is 1. The van der Waals surface area contributed by atoms with Gasteiger partial charge in [0.25, 0.3) is 29.5 Å². The zero-order valence-electron chi connectivity index (χ0n) is 47.5. The topological polar surface area (TPSA) is 398 Å². The van der Waals surface area contributed by atoms with Gasteiger partial charge < -0.3 is 57.7 Å². The Balaban J connectivity index is 0.984. The van der Waals surface area contributed by atoms with Crippen molar-refractivity contribution in [1.82, 2.24) is 66.8 Å². The first-order valence-electron chi connectivity index (χ1n) is 27.3. The van der Waals surface area contributed by atoms with Crippen LogP contribution in [0.3, 0.4) is 0 Å². The predicted octanol–water partition coefficient (Wildman–Crippen LogP) is 6.56. The number of aliphatic carboxylic acids is 1. The molecule has 7 unspecified atom stereocenters. The molecule has 0 aliphatic carbocycles. The lowest BCUT2D eigenvalue weighted by molar-refractivity contribution is -0.134. The molecule has 7 aromatic heterocycles. The van der Waals surface area contributed by atoms with Gasteiger partial charge in [-0.15, -0.1) is 68.0 Å². The van der Waals surface area contributed by atoms with Gasteiger partial charge in [-0.3, -0.25) is 33.6 Å². The SMILES string of the molecule is C=C(NC(=O)C(=C)NC(=O)c1csc(-c2ccc3c(n2)-c2csc(n2)-c2csc(n2)C(C(C)C2CO2)NC(=O)C(Cc2ccc(O)cc2)NC(=O)c2csc(n2)C(C(O)c2ccccc2)NC(=O)c2nc(sc2C)C(CC(N)=O)NC(=O)c2cnc-3s2)n1)C(=O)O. The fourth-order valence-corrected chi connectivity index (χ4v) is 14.6. The van der Waals surface area contributed by atoms with Gasteiger partial charge in [-0.05, 0) is 42.3 Å². The molecule has 0 radical (unpaired) electrons. The number of rotatable bonds is 14. The van der Waals surface area contributed by atoms with Crippen LogP contribution in [-0.2, 0) is 30.3 Å². The zero-order chi connectivity index (χ0) is 64.4. The quantitative estimate of drug-likeness (QED) is 0.0407. The first-order chi connectivity index (χ1) is 43.6. The number of ether oxygens (including phenoxy) is 1. The first kappa shape index (κ1) is 62.9. The summed E-state index contributed by atoms with van der Waals surface area (Å²) < 4.78 is 5.75. The minimum Gasteiger partial charge on any atom is -0.508 e. The highest BCUT2D eigenvalue weighted by molar-refractivity contribution is 7.17. The smallest absolute Gasteiger partial charge is 0.351 e. The summed E-state index contributed by atoms with van der Waals surface area (Å²) in [6, 6.07) is 13.5. The Kier molecular flexibility index (Phi) is 18.5. The Hall–Kier alpha value is -9.67. The van der Waals surface area contributed by atoms with E-state index in [2.05, 4.69) is 59.7 Å². The molecule has 9 heterocycles. The van der Waals surface area contributed by atoms with E-state index in [9.17, 15) is 48.6 Å². The summed E-state index contributed by atoms with van der Waals surface area (Å²) in [5.74, 6) is -7.24. The molecule has 464 valence electrons. The Morgan fingerprint density at radius 3 is 2.10 bits per heavy atom. The monoisotopic (exact) mass is 1340 g/mol. The van der Waals surface area contributed by atoms with Crippen molar-refractivity contribution in [3.05, 3.63) is 172 Å². The number of aliphatic hydroxyl groups is 1. The molecular formula is C59H50N14O12S6. The molecule has 10 bridgehead atoms. The fourth-order valence-electron chi connectivity index (χ4n) is 9.32. The van der Waals surface area contributed by atoms with Gasteiger partial charge in [-0.25, -0.2) is 39.7 Å². The van der Waals surface area contributed by atoms with Crippen molar-refractivity contribution in [1.29, 1.82) is 0 Å². The second kappa shape index (κ2) is 26.8. The molecule has 0 saturated carbocycles. The minimum absolute atomic E-state index is 0.00928. The lowest BCUT2D eigenvalue weighted by Gasteiger charge is -2.26. The average molecular weight is 1340 g/mol. The van der Waals surface area contributed by atoms with E-state index in [1.54, 1.807) is 72.3 Å². The van der Waals surface area contributed by atoms with Gasteiger partial charge in [-0.2, -0.15) is 0 Å². The van der Waals surface area contributed by atoms with Crippen LogP contribution in [0.1, 0.15) is 110 Å². The van der Waals surface area contributed by atoms with Crippen molar-refractivity contribution in [2.24, 2.45) is 11.7 Å². The average Bonchev–Trinajstić information content (AvgIpc) is 1.74. The number of phenolic OH excluding ortho intramolecular Hbond substituents is 1. The van der Waals surface area contributed by atoms with E-state index in [4.69, 9.17) is 30.5 Å². The number of hydrogen-bond acceptors (Lipinski definition) is 24. The Labute approximate surface area is 539 Å². The number of aryl methyl sites for hydroxylation is 1. The summed E-state index contributed by atoms with van der Waals surface area (Å²) in [5, 5.41) is 55.4. The summed E-state index contributed by atoms with van der Waals surface area (Å²) in [4.78, 5) is 142. The van der Waals surface area contributed by atoms with Crippen molar-refractivity contribution in [3.63, 3.8) is 0 Å². The predicted molar refractivity (Wildman–Crippen MR) is 338 cm³/mol. The van der Waals surface area contributed by atoms with Crippen LogP contribution in [0.2, 0.25) is 0 Å². The van der Waals surface area contributed by atoms with Crippen LogP contribution in [0, 0.1) is 12.8 Å². The zero-order valence-corrected chi connectivity index (χ0v) is 52.4. The van der Waals surface area contributed by atoms with Crippen molar-refractivity contribution < 1.29 is 58.4 Å². The maximum absolute atomic E-state index is 14.9. The highest BCUT2D eigenvalue weighted by Gasteiger charge is 2.40. The number of carbonyl (C=O) groups excluding carboxylic acids is 7. The van der Waals surface area contributed by atoms with Crippen LogP contribution >= 0.6 is 68.0 Å². The molecule has 2 aliphatic heterocycles. The van der Waals surface area contributed by atoms with Crippen molar-refractivity contribution in [3.8, 4) is 49.1 Å². The molecule has 91 heavy (non-hydrogen) atoms. The van der Waals surface area contributed by atoms with Crippen LogP contribution in [0.4, 0.5) is 0 Å². The summed E-state index contributed by atoms with van der Waals surface area (Å²) in [6.07, 6.45) is -0.782. The number of carbonyl (C=O) groups is 8. The number of nitrogens with zero attached hydrogens (tertiary/aromatic N) is 7. The highest BCUT2D eigenvalue weighted by atomic mass is 32.1. The highest BCUT2D eigenvalue weighted by Crippen LogP contribution is 2.41. The number of thiazole rings is 6. The lowest BCUT2D eigenvalue weighted by Crippen LogP contribution is -2.50. The number of aliphatic hydroxyl groups excluding tert-OH is 1. The Morgan fingerprint density at radius 2 is 1.37 bits per heavy atom. The molecule has 2 aliphatic rings. The number of aromatic hydroxyl groups is 1. The minimum atomic E-state index is -1.49. The van der Waals surface area contributed by atoms with Crippen molar-refractivity contribution >= 4 is 115 Å². The van der Waals surface area contributed by atoms with Gasteiger partial charge >= 0.3 is 5.97 Å². The molecule has 7 amide bonds. The van der Waals surface area contributed by atoms with Gasteiger partial charge in [0.1, 0.15) is 98.7 Å². The number of hydrogen-bond donors (Lipinski definition) is 10. The molecule has 2 aromatic carbocycles. The molecule has 7 atom stereocenters. The number of primary amides is 1. The van der Waals surface area contributed by atoms with Gasteiger partial charge in [0.05, 0.1) is 48.8 Å². The van der Waals surface area contributed by atoms with Crippen LogP contribution in [0.15, 0.2) is 119 Å². The maximum Gasteiger partial charge on any atom is 0.351 e. The molecule has 1 fully saturated rings. The maximum atomic E-state index is 14.9. The Bertz CT molecular complexity index is 4360. The van der Waals surface area contributed by atoms with E-state index in [1.165, 1.54) is 51.8 Å². The Morgan fingerprint density at radius 1 is 0.692 bits per heavy atom. The van der Waals surface area contributed by atoms with E-state index in [0.29, 0.717) is 54.6 Å². The van der Waals surface area contributed by atoms with Gasteiger partial charge in [0.2, 0.25) is 11.8 Å². The van der Waals surface area contributed by atoms with E-state index in [1.807, 2.05) is 12.2 Å². The van der Waals surface area contributed by atoms with Crippen LogP contribution < -0.4 is 37.6 Å². The van der Waals surface area contributed by atoms with Crippen LogP contribution in [-0.4, -0.2) is 116 Å². The first-order valence-corrected chi connectivity index (χ1v) is 32.4. The molecule has 32 heteroatoms. The largest absolute Gasteiger partial charge is 0.508 e. The molecule has 26 nitrogen and oxygen atoms in total. The van der Waals surface area contributed by atoms with Crippen LogP contribution in [0.5, 0.6) is 5.75 Å². The van der Waals surface area contributed by atoms with Gasteiger partial charge in [0.15, 0.2) is 0 Å². The number of epoxide rings is 1. The van der Waals surface area contributed by atoms with E-state index in [-0.39, 0.29) is 72.6 Å². The van der Waals surface area contributed by atoms with Crippen LogP contribution in [0.25, 0.3) is 43.4 Å². The summed E-state index contributed by atoms with van der Waals surface area (Å²) >= 11 is 6.54.